The molecule has 2 rings (SSSR count). The first-order chi connectivity index (χ1) is 6.24. The van der Waals surface area contributed by atoms with E-state index in [1.807, 2.05) is 0 Å². The van der Waals surface area contributed by atoms with Crippen molar-refractivity contribution >= 4 is 37.4 Å². The van der Waals surface area contributed by atoms with E-state index >= 15 is 0 Å². The molecule has 0 spiro atoms. The number of thiophene rings is 1. The summed E-state index contributed by atoms with van der Waals surface area (Å²) >= 11 is 4.31. The van der Waals surface area contributed by atoms with Crippen LogP contribution >= 0.6 is 27.3 Å². The van der Waals surface area contributed by atoms with Crippen molar-refractivity contribution in [2.24, 2.45) is 0 Å². The predicted molar refractivity (Wildman–Crippen MR) is 54.4 cm³/mol. The van der Waals surface area contributed by atoms with Gasteiger partial charge >= 0.3 is 0 Å². The van der Waals surface area contributed by atoms with E-state index in [9.17, 15) is 8.78 Å². The molecule has 0 amide bonds. The van der Waals surface area contributed by atoms with Gasteiger partial charge in [0, 0.05) is 10.7 Å². The predicted octanol–water partition coefficient (Wildman–Crippen LogP) is 4.07. The zero-order valence-electron chi connectivity index (χ0n) is 6.48. The Morgan fingerprint density at radius 2 is 2.08 bits per heavy atom. The quantitative estimate of drug-likeness (QED) is 0.680. The van der Waals surface area contributed by atoms with Crippen molar-refractivity contribution in [1.82, 2.24) is 0 Å². The van der Waals surface area contributed by atoms with Gasteiger partial charge in [0.25, 0.3) is 0 Å². The lowest BCUT2D eigenvalue weighted by molar-refractivity contribution is 0.630. The third-order valence-corrected chi connectivity index (χ3v) is 3.92. The van der Waals surface area contributed by atoms with E-state index in [-0.39, 0.29) is 11.6 Å². The van der Waals surface area contributed by atoms with Gasteiger partial charge in [0.2, 0.25) is 0 Å². The number of rotatable bonds is 1. The van der Waals surface area contributed by atoms with Crippen molar-refractivity contribution in [2.45, 2.75) is 5.33 Å². The SMILES string of the molecule is Fc1c(CBr)sc2c(F)cccc12. The fourth-order valence-electron chi connectivity index (χ4n) is 1.19. The van der Waals surface area contributed by atoms with Crippen LogP contribution in [-0.4, -0.2) is 0 Å². The summed E-state index contributed by atoms with van der Waals surface area (Å²) in [4.78, 5) is 0.542. The van der Waals surface area contributed by atoms with Crippen molar-refractivity contribution in [3.05, 3.63) is 34.7 Å². The number of halogens is 3. The molecule has 1 heterocycles. The van der Waals surface area contributed by atoms with Gasteiger partial charge in [-0.1, -0.05) is 28.1 Å². The monoisotopic (exact) mass is 262 g/mol. The smallest absolute Gasteiger partial charge is 0.145 e. The zero-order chi connectivity index (χ0) is 9.42. The second-order valence-corrected chi connectivity index (χ2v) is 4.26. The summed E-state index contributed by atoms with van der Waals surface area (Å²) in [5.74, 6) is -0.662. The maximum absolute atomic E-state index is 13.4. The third kappa shape index (κ3) is 1.38. The fourth-order valence-corrected chi connectivity index (χ4v) is 2.71. The molecule has 0 aliphatic heterocycles. The van der Waals surface area contributed by atoms with Crippen molar-refractivity contribution in [1.29, 1.82) is 0 Å². The Kier molecular flexibility index (Phi) is 2.34. The van der Waals surface area contributed by atoms with E-state index in [4.69, 9.17) is 0 Å². The first-order valence-electron chi connectivity index (χ1n) is 3.65. The van der Waals surface area contributed by atoms with Gasteiger partial charge in [0.05, 0.1) is 9.58 Å². The highest BCUT2D eigenvalue weighted by Crippen LogP contribution is 2.32. The van der Waals surface area contributed by atoms with Crippen LogP contribution < -0.4 is 0 Å². The summed E-state index contributed by atoms with van der Waals surface area (Å²) in [5.41, 5.74) is 0. The van der Waals surface area contributed by atoms with E-state index in [0.717, 1.165) is 11.3 Å². The van der Waals surface area contributed by atoms with Crippen LogP contribution in [0.2, 0.25) is 0 Å². The number of hydrogen-bond acceptors (Lipinski definition) is 1. The van der Waals surface area contributed by atoms with Gasteiger partial charge in [-0.2, -0.15) is 0 Å². The molecule has 0 saturated heterocycles. The molecular weight excluding hydrogens is 258 g/mol. The highest BCUT2D eigenvalue weighted by Gasteiger charge is 2.12. The highest BCUT2D eigenvalue weighted by atomic mass is 79.9. The maximum atomic E-state index is 13.4. The summed E-state index contributed by atoms with van der Waals surface area (Å²) in [6.45, 7) is 0. The summed E-state index contributed by atoms with van der Waals surface area (Å²) in [7, 11) is 0. The molecule has 0 nitrogen and oxygen atoms in total. The number of alkyl halides is 1. The van der Waals surface area contributed by atoms with Crippen LogP contribution in [0.4, 0.5) is 8.78 Å². The Morgan fingerprint density at radius 3 is 2.69 bits per heavy atom. The summed E-state index contributed by atoms with van der Waals surface area (Å²) < 4.78 is 27.0. The first kappa shape index (κ1) is 9.09. The van der Waals surface area contributed by atoms with Gasteiger partial charge in [0.1, 0.15) is 11.6 Å². The Morgan fingerprint density at radius 1 is 1.31 bits per heavy atom. The van der Waals surface area contributed by atoms with Crippen LogP contribution in [0, 0.1) is 11.6 Å². The standard InChI is InChI=1S/C9H5BrF2S/c10-4-7-8(12)5-2-1-3-6(11)9(5)13-7/h1-3H,4H2. The van der Waals surface area contributed by atoms with E-state index in [0.29, 0.717) is 20.3 Å². The van der Waals surface area contributed by atoms with Gasteiger partial charge in [-0.3, -0.25) is 0 Å². The van der Waals surface area contributed by atoms with E-state index in [1.54, 1.807) is 6.07 Å². The van der Waals surface area contributed by atoms with E-state index in [2.05, 4.69) is 15.9 Å². The lowest BCUT2D eigenvalue weighted by Gasteiger charge is -1.89. The molecule has 0 bridgehead atoms. The van der Waals surface area contributed by atoms with Gasteiger partial charge < -0.3 is 0 Å². The Hall–Kier alpha value is -0.480. The van der Waals surface area contributed by atoms with Gasteiger partial charge in [0.15, 0.2) is 0 Å². The second-order valence-electron chi connectivity index (χ2n) is 2.59. The molecule has 2 aromatic rings. The molecule has 1 aromatic carbocycles. The Balaban J connectivity index is 2.83. The molecule has 0 atom stereocenters. The van der Waals surface area contributed by atoms with Crippen LogP contribution in [-0.2, 0) is 5.33 Å². The molecule has 0 saturated carbocycles. The fraction of sp³-hybridized carbons (Fsp3) is 0.111. The normalized spacial score (nSPS) is 11.0. The minimum atomic E-state index is -0.353. The summed E-state index contributed by atoms with van der Waals surface area (Å²) in [5, 5.41) is 0.803. The van der Waals surface area contributed by atoms with Crippen LogP contribution in [0.1, 0.15) is 4.88 Å². The van der Waals surface area contributed by atoms with Crippen molar-refractivity contribution in [3.8, 4) is 0 Å². The highest BCUT2D eigenvalue weighted by molar-refractivity contribution is 9.08. The Labute approximate surface area is 86.3 Å². The zero-order valence-corrected chi connectivity index (χ0v) is 8.88. The Bertz CT molecular complexity index is 450. The summed E-state index contributed by atoms with van der Waals surface area (Å²) in [6.07, 6.45) is 0. The molecule has 0 unspecified atom stereocenters. The number of fused-ring (bicyclic) bond motifs is 1. The minimum Gasteiger partial charge on any atom is -0.205 e. The van der Waals surface area contributed by atoms with Crippen LogP contribution in [0.15, 0.2) is 18.2 Å². The van der Waals surface area contributed by atoms with E-state index < -0.39 is 0 Å². The van der Waals surface area contributed by atoms with Gasteiger partial charge in [-0.15, -0.1) is 11.3 Å². The molecule has 68 valence electrons. The molecule has 4 heteroatoms. The lowest BCUT2D eigenvalue weighted by Crippen LogP contribution is -1.76. The lowest BCUT2D eigenvalue weighted by atomic mass is 10.2. The first-order valence-corrected chi connectivity index (χ1v) is 5.59. The number of benzene rings is 1. The molecule has 0 N–H and O–H groups in total. The number of hydrogen-bond donors (Lipinski definition) is 0. The average Bonchev–Trinajstić information content (AvgIpc) is 2.45. The van der Waals surface area contributed by atoms with Gasteiger partial charge in [-0.05, 0) is 6.07 Å². The van der Waals surface area contributed by atoms with Gasteiger partial charge in [-0.25, -0.2) is 8.78 Å². The van der Waals surface area contributed by atoms with E-state index in [1.165, 1.54) is 12.1 Å². The minimum absolute atomic E-state index is 0.309. The average molecular weight is 263 g/mol. The molecule has 0 fully saturated rings. The van der Waals surface area contributed by atoms with Crippen LogP contribution in [0.3, 0.4) is 0 Å². The van der Waals surface area contributed by atoms with Crippen molar-refractivity contribution in [3.63, 3.8) is 0 Å². The van der Waals surface area contributed by atoms with Crippen LogP contribution in [0.5, 0.6) is 0 Å². The molecule has 0 radical (unpaired) electrons. The molecule has 13 heavy (non-hydrogen) atoms. The molecule has 1 aromatic heterocycles. The largest absolute Gasteiger partial charge is 0.205 e. The van der Waals surface area contributed by atoms with Crippen LogP contribution in [0.25, 0.3) is 10.1 Å². The maximum Gasteiger partial charge on any atom is 0.145 e. The molecular formula is C9H5BrF2S. The van der Waals surface area contributed by atoms with Crippen molar-refractivity contribution in [2.75, 3.05) is 0 Å². The molecule has 0 aliphatic rings. The van der Waals surface area contributed by atoms with Crippen molar-refractivity contribution < 1.29 is 8.78 Å². The summed E-state index contributed by atoms with van der Waals surface area (Å²) in [6, 6.07) is 4.46. The second kappa shape index (κ2) is 3.35. The molecule has 0 aliphatic carbocycles. The topological polar surface area (TPSA) is 0 Å². The third-order valence-electron chi connectivity index (χ3n) is 1.79.